The van der Waals surface area contributed by atoms with E-state index < -0.39 is 23.9 Å². The maximum atomic E-state index is 13.1. The van der Waals surface area contributed by atoms with Crippen molar-refractivity contribution in [1.82, 2.24) is 14.3 Å². The Kier molecular flexibility index (Phi) is 8.92. The molecule has 2 aromatic heterocycles. The molecule has 9 nitrogen and oxygen atoms in total. The third-order valence-electron chi connectivity index (χ3n) is 6.62. The normalized spacial score (nSPS) is 14.8. The first-order chi connectivity index (χ1) is 19.8. The monoisotopic (exact) mass is 609 g/mol. The summed E-state index contributed by atoms with van der Waals surface area (Å²) in [6, 6.07) is 16.0. The molecule has 0 aliphatic carbocycles. The average molecular weight is 610 g/mol. The van der Waals surface area contributed by atoms with Crippen LogP contribution in [-0.4, -0.2) is 51.1 Å². The zero-order valence-electron chi connectivity index (χ0n) is 21.9. The van der Waals surface area contributed by atoms with E-state index in [4.69, 9.17) is 15.6 Å². The Balaban J connectivity index is 0.000000517. The number of carbonyl (C=O) groups excluding carboxylic acids is 1. The first kappa shape index (κ1) is 30.6. The van der Waals surface area contributed by atoms with Gasteiger partial charge < -0.3 is 15.7 Å². The third-order valence-corrected chi connectivity index (χ3v) is 7.71. The Bertz CT molecular complexity index is 1720. The molecule has 3 N–H and O–H groups in total. The van der Waals surface area contributed by atoms with Crippen LogP contribution in [0.1, 0.15) is 21.9 Å². The number of carboxylic acid groups (broad SMARTS) is 1. The fourth-order valence-corrected chi connectivity index (χ4v) is 5.58. The largest absolute Gasteiger partial charge is 0.490 e. The lowest BCUT2D eigenvalue weighted by atomic mass is 9.86. The Morgan fingerprint density at radius 2 is 1.83 bits per heavy atom. The molecule has 0 bridgehead atoms. The first-order valence-electron chi connectivity index (χ1n) is 12.3. The van der Waals surface area contributed by atoms with E-state index in [-0.39, 0.29) is 37.0 Å². The minimum Gasteiger partial charge on any atom is -0.475 e. The van der Waals surface area contributed by atoms with Gasteiger partial charge in [-0.2, -0.15) is 27.1 Å². The van der Waals surface area contributed by atoms with E-state index in [2.05, 4.69) is 11.2 Å². The fraction of sp³-hybridized carbons (Fsp3) is 0.259. The summed E-state index contributed by atoms with van der Waals surface area (Å²) in [6.07, 6.45) is -4.98. The number of nitrogens with two attached hydrogens (primary N) is 1. The summed E-state index contributed by atoms with van der Waals surface area (Å²) in [5.41, 5.74) is 7.58. The highest BCUT2D eigenvalue weighted by Gasteiger charge is 2.38. The maximum Gasteiger partial charge on any atom is 0.490 e. The van der Waals surface area contributed by atoms with Gasteiger partial charge in [-0.25, -0.2) is 14.3 Å². The number of para-hydroxylation sites is 1. The van der Waals surface area contributed by atoms with Crippen LogP contribution in [0.5, 0.6) is 0 Å². The van der Waals surface area contributed by atoms with Crippen molar-refractivity contribution < 1.29 is 36.6 Å². The number of amides is 1. The van der Waals surface area contributed by atoms with E-state index in [1.54, 1.807) is 11.9 Å². The van der Waals surface area contributed by atoms with E-state index >= 15 is 0 Å². The van der Waals surface area contributed by atoms with Gasteiger partial charge in [-0.15, -0.1) is 11.3 Å². The first-order valence-corrected chi connectivity index (χ1v) is 13.1. The van der Waals surface area contributed by atoms with Gasteiger partial charge in [-0.05, 0) is 41.1 Å². The zero-order valence-corrected chi connectivity index (χ0v) is 22.8. The van der Waals surface area contributed by atoms with Crippen LogP contribution in [0, 0.1) is 0 Å². The molecule has 0 saturated carbocycles. The summed E-state index contributed by atoms with van der Waals surface area (Å²) in [6.45, 7) is -0.412. The van der Waals surface area contributed by atoms with Gasteiger partial charge in [-0.1, -0.05) is 30.3 Å². The average Bonchev–Trinajstić information content (AvgIpc) is 3.50. The van der Waals surface area contributed by atoms with Crippen molar-refractivity contribution in [3.63, 3.8) is 0 Å². The highest BCUT2D eigenvalue weighted by molar-refractivity contribution is 7.19. The van der Waals surface area contributed by atoms with Crippen LogP contribution in [-0.2, 0) is 29.1 Å². The molecule has 0 fully saturated rings. The van der Waals surface area contributed by atoms with Gasteiger partial charge in [0.15, 0.2) is 0 Å². The molecule has 4 aromatic rings. The minimum atomic E-state index is -5.08. The molecule has 1 aliphatic heterocycles. The summed E-state index contributed by atoms with van der Waals surface area (Å²) in [5, 5.41) is 12.1. The lowest BCUT2D eigenvalue weighted by Crippen LogP contribution is -2.37. The van der Waals surface area contributed by atoms with Gasteiger partial charge in [0, 0.05) is 34.4 Å². The second kappa shape index (κ2) is 12.2. The molecule has 1 unspecified atom stereocenters. The van der Waals surface area contributed by atoms with Crippen LogP contribution in [0.2, 0.25) is 0 Å². The number of halogens is 5. The highest BCUT2D eigenvalue weighted by Crippen LogP contribution is 2.37. The Labute approximate surface area is 238 Å². The molecule has 42 heavy (non-hydrogen) atoms. The Morgan fingerprint density at radius 1 is 1.14 bits per heavy atom. The molecule has 2 aromatic carbocycles. The number of hydrogen-bond donors (Lipinski definition) is 2. The van der Waals surface area contributed by atoms with Crippen LogP contribution in [0.15, 0.2) is 71.3 Å². The van der Waals surface area contributed by atoms with Crippen molar-refractivity contribution in [3.05, 3.63) is 93.0 Å². The number of likely N-dealkylation sites (N-methyl/N-ethyl adjacent to an activating group) is 1. The number of aromatic nitrogens is 3. The van der Waals surface area contributed by atoms with Crippen LogP contribution in [0.3, 0.4) is 0 Å². The highest BCUT2D eigenvalue weighted by atomic mass is 32.1. The van der Waals surface area contributed by atoms with Gasteiger partial charge in [0.05, 0.1) is 19.0 Å². The van der Waals surface area contributed by atoms with Gasteiger partial charge in [0.25, 0.3) is 6.08 Å². The van der Waals surface area contributed by atoms with Crippen molar-refractivity contribution in [1.29, 1.82) is 0 Å². The number of rotatable bonds is 6. The Hall–Kier alpha value is -4.37. The summed E-state index contributed by atoms with van der Waals surface area (Å²) in [4.78, 5) is 37.2. The second-order valence-electron chi connectivity index (χ2n) is 9.36. The third kappa shape index (κ3) is 6.57. The van der Waals surface area contributed by atoms with Gasteiger partial charge in [0.1, 0.15) is 6.33 Å². The van der Waals surface area contributed by atoms with Crippen molar-refractivity contribution in [2.24, 2.45) is 5.73 Å². The molecule has 1 aliphatic rings. The molecule has 0 spiro atoms. The standard InChI is InChI=1S/C25H23F2N5O2S.C2HF3O2/c1-30-21-5-3-2-4-16(21)9-20(24(30)33)15-6-7-17-8-19(35-22(17)10-15)13-31-14-29-32(25(31)34)12-18(11-28)23(26)27;3-2(4,5)1(6)7/h2-8,10,14,20H,9,11-13,28H2,1H3;(H,6,7). The van der Waals surface area contributed by atoms with Gasteiger partial charge >= 0.3 is 17.8 Å². The number of alkyl halides is 3. The van der Waals surface area contributed by atoms with E-state index in [1.807, 2.05) is 42.5 Å². The summed E-state index contributed by atoms with van der Waals surface area (Å²) >= 11 is 1.53. The molecule has 15 heteroatoms. The van der Waals surface area contributed by atoms with E-state index in [0.29, 0.717) is 6.42 Å². The predicted octanol–water partition coefficient (Wildman–Crippen LogP) is 4.35. The maximum absolute atomic E-state index is 13.1. The van der Waals surface area contributed by atoms with Crippen molar-refractivity contribution >= 4 is 39.0 Å². The van der Waals surface area contributed by atoms with Crippen LogP contribution >= 0.6 is 11.3 Å². The number of fused-ring (bicyclic) bond motifs is 2. The number of benzene rings is 2. The second-order valence-corrected chi connectivity index (χ2v) is 10.5. The molecule has 0 saturated heterocycles. The number of anilines is 1. The van der Waals surface area contributed by atoms with Crippen molar-refractivity contribution in [3.8, 4) is 0 Å². The smallest absolute Gasteiger partial charge is 0.475 e. The van der Waals surface area contributed by atoms with Crippen LogP contribution < -0.4 is 16.3 Å². The van der Waals surface area contributed by atoms with Gasteiger partial charge in [-0.3, -0.25) is 9.36 Å². The minimum absolute atomic E-state index is 0.0643. The number of thiophene rings is 1. The molecule has 0 radical (unpaired) electrons. The van der Waals surface area contributed by atoms with Crippen LogP contribution in [0.25, 0.3) is 10.1 Å². The molecule has 222 valence electrons. The number of carboxylic acids is 1. The van der Waals surface area contributed by atoms with E-state index in [1.165, 1.54) is 22.2 Å². The number of hydrogen-bond acceptors (Lipinski definition) is 6. The quantitative estimate of drug-likeness (QED) is 0.314. The molecular formula is C27H24F5N5O4S. The molecule has 1 atom stereocenters. The summed E-state index contributed by atoms with van der Waals surface area (Å²) in [5.74, 6) is -2.95. The topological polar surface area (TPSA) is 123 Å². The number of nitrogens with zero attached hydrogens (tertiary/aromatic N) is 4. The summed E-state index contributed by atoms with van der Waals surface area (Å²) in [7, 11) is 1.81. The lowest BCUT2D eigenvalue weighted by molar-refractivity contribution is -0.192. The predicted molar refractivity (Wildman–Crippen MR) is 146 cm³/mol. The molecule has 3 heterocycles. The molecular weight excluding hydrogens is 585 g/mol. The van der Waals surface area contributed by atoms with Crippen molar-refractivity contribution in [2.45, 2.75) is 31.6 Å². The van der Waals surface area contributed by atoms with E-state index in [9.17, 15) is 31.5 Å². The van der Waals surface area contributed by atoms with Crippen molar-refractivity contribution in [2.75, 3.05) is 18.5 Å². The Morgan fingerprint density at radius 3 is 2.48 bits per heavy atom. The zero-order chi connectivity index (χ0) is 30.8. The lowest BCUT2D eigenvalue weighted by Gasteiger charge is -2.31. The number of aliphatic carboxylic acids is 1. The summed E-state index contributed by atoms with van der Waals surface area (Å²) < 4.78 is 60.9. The van der Waals surface area contributed by atoms with Crippen LogP contribution in [0.4, 0.5) is 27.6 Å². The molecule has 1 amide bonds. The number of carbonyl (C=O) groups is 2. The van der Waals surface area contributed by atoms with Gasteiger partial charge in [0.2, 0.25) is 5.91 Å². The SMILES string of the molecule is CN1C(=O)C(c2ccc3cc(Cn4cnn(CC(CN)=C(F)F)c4=O)sc3c2)Cc2ccccc21.O=C(O)C(F)(F)F. The molecule has 5 rings (SSSR count). The van der Waals surface area contributed by atoms with E-state index in [0.717, 1.165) is 36.5 Å². The fourth-order valence-electron chi connectivity index (χ4n) is 4.47.